The molecule has 0 atom stereocenters. The van der Waals surface area contributed by atoms with Crippen molar-refractivity contribution < 1.29 is 0 Å². The molecule has 13 heavy (non-hydrogen) atoms. The highest BCUT2D eigenvalue weighted by Crippen LogP contribution is 2.01. The highest BCUT2D eigenvalue weighted by atomic mass is 28.3. The van der Waals surface area contributed by atoms with E-state index in [1.54, 1.807) is 0 Å². The van der Waals surface area contributed by atoms with Gasteiger partial charge in [-0.25, -0.2) is 0 Å². The first kappa shape index (κ1) is 13.1. The summed E-state index contributed by atoms with van der Waals surface area (Å²) in [6, 6.07) is 0. The zero-order valence-corrected chi connectivity index (χ0v) is 11.0. The Morgan fingerprint density at radius 3 is 1.08 bits per heavy atom. The van der Waals surface area contributed by atoms with E-state index in [-0.39, 0.29) is 0 Å². The van der Waals surface area contributed by atoms with Crippen LogP contribution in [0.5, 0.6) is 0 Å². The van der Waals surface area contributed by atoms with Gasteiger partial charge in [0.25, 0.3) is 0 Å². The van der Waals surface area contributed by atoms with Crippen LogP contribution in [0.3, 0.4) is 0 Å². The maximum Gasteiger partial charge on any atom is 0.326 e. The van der Waals surface area contributed by atoms with Crippen LogP contribution >= 0.6 is 0 Å². The summed E-state index contributed by atoms with van der Waals surface area (Å²) < 4.78 is 7.37. The molecule has 0 aliphatic carbocycles. The molecule has 0 aromatic rings. The minimum Gasteiger partial charge on any atom is -0.302 e. The lowest BCUT2D eigenvalue weighted by Gasteiger charge is -2.36. The molecule has 0 aromatic carbocycles. The normalized spacial score (nSPS) is 12.5. The number of rotatable bonds is 6. The van der Waals surface area contributed by atoms with E-state index in [1.165, 1.54) is 0 Å². The highest BCUT2D eigenvalue weighted by molar-refractivity contribution is 6.49. The van der Waals surface area contributed by atoms with Crippen molar-refractivity contribution in [3.8, 4) is 0 Å². The van der Waals surface area contributed by atoms with Crippen LogP contribution in [0.4, 0.5) is 0 Å². The Morgan fingerprint density at radius 1 is 0.692 bits per heavy atom. The Hall–Kier alpha value is 0.0969. The smallest absolute Gasteiger partial charge is 0.302 e. The van der Waals surface area contributed by atoms with E-state index < -0.39 is 9.28 Å². The average Bonchev–Trinajstić information content (AvgIpc) is 2.16. The standard InChI is InChI=1S/C9H24N3Si/c1-7-10(4)13(11(5)8-2)12(6)9-3/h7-9H2,1-6H3. The first-order chi connectivity index (χ1) is 6.08. The molecule has 0 unspecified atom stereocenters. The van der Waals surface area contributed by atoms with Crippen molar-refractivity contribution in [3.05, 3.63) is 0 Å². The Labute approximate surface area is 85.2 Å². The third-order valence-electron chi connectivity index (χ3n) is 2.45. The van der Waals surface area contributed by atoms with E-state index in [0.29, 0.717) is 0 Å². The molecule has 0 N–H and O–H groups in total. The first-order valence-electron chi connectivity index (χ1n) is 5.08. The monoisotopic (exact) mass is 202 g/mol. The molecule has 0 spiro atoms. The first-order valence-corrected chi connectivity index (χ1v) is 6.42. The van der Waals surface area contributed by atoms with Gasteiger partial charge in [-0.2, -0.15) is 0 Å². The van der Waals surface area contributed by atoms with Crippen LogP contribution in [0.1, 0.15) is 20.8 Å². The summed E-state index contributed by atoms with van der Waals surface area (Å²) in [6.07, 6.45) is 0. The van der Waals surface area contributed by atoms with Gasteiger partial charge in [0.15, 0.2) is 0 Å². The summed E-state index contributed by atoms with van der Waals surface area (Å²) in [5.41, 5.74) is 0. The van der Waals surface area contributed by atoms with Gasteiger partial charge in [0.2, 0.25) is 0 Å². The molecule has 3 nitrogen and oxygen atoms in total. The molecule has 0 saturated heterocycles. The second kappa shape index (κ2) is 6.54. The fraction of sp³-hybridized carbons (Fsp3) is 1.00. The fourth-order valence-corrected chi connectivity index (χ4v) is 3.90. The van der Waals surface area contributed by atoms with Crippen molar-refractivity contribution in [2.75, 3.05) is 40.8 Å². The predicted molar refractivity (Wildman–Crippen MR) is 60.7 cm³/mol. The van der Waals surface area contributed by atoms with E-state index in [2.05, 4.69) is 55.6 Å². The molecular formula is C9H24N3Si. The quantitative estimate of drug-likeness (QED) is 0.591. The highest BCUT2D eigenvalue weighted by Gasteiger charge is 2.25. The zero-order valence-electron chi connectivity index (χ0n) is 9.96. The largest absolute Gasteiger partial charge is 0.326 e. The Bertz CT molecular complexity index is 108. The van der Waals surface area contributed by atoms with Crippen LogP contribution in [0.15, 0.2) is 0 Å². The van der Waals surface area contributed by atoms with Crippen molar-refractivity contribution in [1.29, 1.82) is 0 Å². The molecule has 0 bridgehead atoms. The lowest BCUT2D eigenvalue weighted by molar-refractivity contribution is 0.352. The van der Waals surface area contributed by atoms with Gasteiger partial charge in [-0.1, -0.05) is 20.8 Å². The van der Waals surface area contributed by atoms with Crippen molar-refractivity contribution >= 4 is 9.28 Å². The Morgan fingerprint density at radius 2 is 0.923 bits per heavy atom. The minimum absolute atomic E-state index is 0.630. The van der Waals surface area contributed by atoms with Gasteiger partial charge in [-0.05, 0) is 40.8 Å². The van der Waals surface area contributed by atoms with Gasteiger partial charge in [0.05, 0.1) is 0 Å². The topological polar surface area (TPSA) is 9.72 Å². The maximum absolute atomic E-state index is 2.46. The number of hydrogen-bond donors (Lipinski definition) is 0. The Balaban J connectivity index is 4.34. The third-order valence-corrected chi connectivity index (χ3v) is 5.44. The molecular weight excluding hydrogens is 178 g/mol. The summed E-state index contributed by atoms with van der Waals surface area (Å²) in [5, 5.41) is 0. The van der Waals surface area contributed by atoms with E-state index in [0.717, 1.165) is 19.6 Å². The van der Waals surface area contributed by atoms with Crippen LogP contribution in [-0.2, 0) is 0 Å². The predicted octanol–water partition coefficient (Wildman–Crippen LogP) is 0.826. The lowest BCUT2D eigenvalue weighted by atomic mass is 10.8. The van der Waals surface area contributed by atoms with E-state index in [1.807, 2.05) is 0 Å². The average molecular weight is 202 g/mol. The van der Waals surface area contributed by atoms with Gasteiger partial charge in [0.1, 0.15) is 0 Å². The third kappa shape index (κ3) is 3.77. The molecule has 0 saturated carbocycles. The molecule has 0 aliphatic rings. The molecule has 1 radical (unpaired) electrons. The number of hydrogen-bond acceptors (Lipinski definition) is 3. The molecule has 0 rings (SSSR count). The summed E-state index contributed by atoms with van der Waals surface area (Å²) >= 11 is 0. The molecule has 4 heteroatoms. The van der Waals surface area contributed by atoms with Crippen LogP contribution in [0, 0.1) is 0 Å². The van der Waals surface area contributed by atoms with Crippen LogP contribution in [-0.4, -0.2) is 63.8 Å². The van der Waals surface area contributed by atoms with Crippen molar-refractivity contribution in [3.63, 3.8) is 0 Å². The fourth-order valence-electron chi connectivity index (χ4n) is 1.30. The van der Waals surface area contributed by atoms with Crippen molar-refractivity contribution in [2.45, 2.75) is 20.8 Å². The van der Waals surface area contributed by atoms with Crippen molar-refractivity contribution in [2.24, 2.45) is 0 Å². The summed E-state index contributed by atoms with van der Waals surface area (Å²) in [7, 11) is 6.01. The number of nitrogens with zero attached hydrogens (tertiary/aromatic N) is 3. The van der Waals surface area contributed by atoms with E-state index in [9.17, 15) is 0 Å². The Kier molecular flexibility index (Phi) is 6.58. The second-order valence-electron chi connectivity index (χ2n) is 3.34. The maximum atomic E-state index is 2.46. The van der Waals surface area contributed by atoms with Crippen molar-refractivity contribution in [1.82, 2.24) is 13.7 Å². The van der Waals surface area contributed by atoms with Gasteiger partial charge >= 0.3 is 9.28 Å². The summed E-state index contributed by atoms with van der Waals surface area (Å²) in [4.78, 5) is 0. The van der Waals surface area contributed by atoms with Crippen LogP contribution in [0.25, 0.3) is 0 Å². The molecule has 0 aromatic heterocycles. The molecule has 0 amide bonds. The van der Waals surface area contributed by atoms with E-state index >= 15 is 0 Å². The summed E-state index contributed by atoms with van der Waals surface area (Å²) in [6.45, 7) is 10.0. The van der Waals surface area contributed by atoms with Crippen LogP contribution < -0.4 is 0 Å². The van der Waals surface area contributed by atoms with Crippen LogP contribution in [0.2, 0.25) is 0 Å². The van der Waals surface area contributed by atoms with Gasteiger partial charge in [-0.3, -0.25) is 0 Å². The molecule has 0 fully saturated rings. The molecule has 79 valence electrons. The zero-order chi connectivity index (χ0) is 10.4. The summed E-state index contributed by atoms with van der Waals surface area (Å²) in [5.74, 6) is 0. The SMILES string of the molecule is CCN(C)[Si](N(C)CC)N(C)CC. The van der Waals surface area contributed by atoms with Gasteiger partial charge in [0, 0.05) is 0 Å². The second-order valence-corrected chi connectivity index (χ2v) is 6.23. The minimum atomic E-state index is -0.630. The molecule has 0 heterocycles. The van der Waals surface area contributed by atoms with E-state index in [4.69, 9.17) is 0 Å². The lowest BCUT2D eigenvalue weighted by Crippen LogP contribution is -2.59. The van der Waals surface area contributed by atoms with Gasteiger partial charge < -0.3 is 13.7 Å². The molecule has 0 aliphatic heterocycles. The van der Waals surface area contributed by atoms with Gasteiger partial charge in [-0.15, -0.1) is 0 Å².